The summed E-state index contributed by atoms with van der Waals surface area (Å²) in [5.74, 6) is 1.20. The minimum atomic E-state index is -1.33. The lowest BCUT2D eigenvalue weighted by atomic mass is 9.55. The van der Waals surface area contributed by atoms with Crippen molar-refractivity contribution in [1.82, 2.24) is 4.90 Å². The van der Waals surface area contributed by atoms with Crippen LogP contribution in [0.1, 0.15) is 95.0 Å². The van der Waals surface area contributed by atoms with Gasteiger partial charge in [0.15, 0.2) is 0 Å². The Morgan fingerprint density at radius 2 is 1.77 bits per heavy atom. The maximum Gasteiger partial charge on any atom is 0.239 e. The van der Waals surface area contributed by atoms with Gasteiger partial charge >= 0.3 is 0 Å². The highest BCUT2D eigenvalue weighted by molar-refractivity contribution is 7.99. The van der Waals surface area contributed by atoms with Crippen LogP contribution in [0.3, 0.4) is 0 Å². The van der Waals surface area contributed by atoms with E-state index in [4.69, 9.17) is 28.9 Å². The molecule has 0 bridgehead atoms. The molecule has 3 aliphatic carbocycles. The first-order chi connectivity index (χ1) is 29.5. The van der Waals surface area contributed by atoms with Crippen molar-refractivity contribution in [3.05, 3.63) is 78.4 Å². The van der Waals surface area contributed by atoms with Crippen LogP contribution in [0, 0.1) is 23.7 Å². The summed E-state index contributed by atoms with van der Waals surface area (Å²) in [7, 11) is 1.56. The van der Waals surface area contributed by atoms with Crippen molar-refractivity contribution < 1.29 is 43.9 Å². The van der Waals surface area contributed by atoms with E-state index in [1.54, 1.807) is 24.9 Å². The van der Waals surface area contributed by atoms with Gasteiger partial charge in [-0.15, -0.1) is 18.3 Å². The quantitative estimate of drug-likeness (QED) is 0.0370. The number of hydrogen-bond acceptors (Lipinski definition) is 11. The lowest BCUT2D eigenvalue weighted by Crippen LogP contribution is -2.70. The summed E-state index contributed by atoms with van der Waals surface area (Å²) in [4.78, 5) is 23.5. The summed E-state index contributed by atoms with van der Waals surface area (Å²) in [6.45, 7) is 5.62. The number of carbonyl (C=O) groups is 1. The summed E-state index contributed by atoms with van der Waals surface area (Å²) in [5, 5.41) is 34.1. The first kappa shape index (κ1) is 46.1. The van der Waals surface area contributed by atoms with Gasteiger partial charge in [0.25, 0.3) is 0 Å². The van der Waals surface area contributed by atoms with E-state index in [1.807, 2.05) is 35.2 Å². The average molecular weight is 849 g/mol. The molecule has 11 nitrogen and oxygen atoms in total. The monoisotopic (exact) mass is 848 g/mol. The van der Waals surface area contributed by atoms with Gasteiger partial charge in [-0.3, -0.25) is 4.79 Å². The van der Waals surface area contributed by atoms with E-state index in [-0.39, 0.29) is 69.8 Å². The molecule has 6 rings (SSSR count). The lowest BCUT2D eigenvalue weighted by Gasteiger charge is -2.60. The van der Waals surface area contributed by atoms with E-state index in [1.165, 1.54) is 17.7 Å². The van der Waals surface area contributed by atoms with Crippen LogP contribution in [-0.4, -0.2) is 109 Å². The van der Waals surface area contributed by atoms with Crippen molar-refractivity contribution in [1.29, 1.82) is 0 Å². The Hall–Kier alpha value is -3.39. The van der Waals surface area contributed by atoms with E-state index < -0.39 is 17.7 Å². The van der Waals surface area contributed by atoms with Crippen LogP contribution in [0.15, 0.2) is 82.9 Å². The molecule has 0 spiro atoms. The molecule has 4 aliphatic rings. The van der Waals surface area contributed by atoms with E-state index >= 15 is 0 Å². The second-order valence-electron chi connectivity index (χ2n) is 16.6. The molecular weight excluding hydrogens is 781 g/mol. The maximum absolute atomic E-state index is 14.7. The molecular formula is C48H68N2O9S. The molecule has 1 amide bonds. The van der Waals surface area contributed by atoms with Crippen molar-refractivity contribution in [2.45, 2.75) is 106 Å². The van der Waals surface area contributed by atoms with E-state index in [0.717, 1.165) is 73.3 Å². The Morgan fingerprint density at radius 1 is 0.983 bits per heavy atom. The predicted molar refractivity (Wildman–Crippen MR) is 235 cm³/mol. The second kappa shape index (κ2) is 23.7. The van der Waals surface area contributed by atoms with Gasteiger partial charge in [0, 0.05) is 54.7 Å². The van der Waals surface area contributed by atoms with Crippen LogP contribution in [0.4, 0.5) is 0 Å². The second-order valence-corrected chi connectivity index (χ2v) is 17.7. The molecule has 2 aromatic rings. The van der Waals surface area contributed by atoms with E-state index in [0.29, 0.717) is 44.0 Å². The molecule has 2 saturated carbocycles. The molecule has 1 heterocycles. The molecule has 2 fully saturated rings. The number of allylic oxidation sites excluding steroid dienone is 1. The largest absolute Gasteiger partial charge is 0.493 e. The molecule has 0 aromatic heterocycles. The minimum absolute atomic E-state index is 0.0190. The molecule has 6 atom stereocenters. The number of benzene rings is 2. The van der Waals surface area contributed by atoms with Crippen LogP contribution in [0.5, 0.6) is 11.5 Å². The number of ether oxygens (including phenoxy) is 4. The summed E-state index contributed by atoms with van der Waals surface area (Å²) >= 11 is 1.76. The zero-order valence-electron chi connectivity index (χ0n) is 35.6. The van der Waals surface area contributed by atoms with Gasteiger partial charge in [-0.25, -0.2) is 0 Å². The van der Waals surface area contributed by atoms with Crippen molar-refractivity contribution in [2.24, 2.45) is 28.8 Å². The third-order valence-corrected chi connectivity index (χ3v) is 13.8. The predicted octanol–water partition coefficient (Wildman–Crippen LogP) is 7.93. The number of fused-ring (bicyclic) bond motifs is 2. The zero-order chi connectivity index (χ0) is 42.2. The fourth-order valence-electron chi connectivity index (χ4n) is 10.2. The van der Waals surface area contributed by atoms with E-state index in [9.17, 15) is 20.1 Å². The molecule has 3 N–H and O–H groups in total. The Morgan fingerprint density at radius 3 is 2.50 bits per heavy atom. The number of oxime groups is 1. The number of unbranched alkanes of at least 4 members (excludes halogenated alkanes) is 2. The molecule has 60 heavy (non-hydrogen) atoms. The number of hydrogen-bond donors (Lipinski definition) is 3. The fraction of sp³-hybridized carbons (Fsp3) is 0.625. The van der Waals surface area contributed by atoms with Crippen molar-refractivity contribution in [3.63, 3.8) is 0 Å². The Bertz CT molecular complexity index is 1700. The van der Waals surface area contributed by atoms with Gasteiger partial charge in [-0.05, 0) is 85.8 Å². The zero-order valence-corrected chi connectivity index (χ0v) is 36.4. The fourth-order valence-corrected chi connectivity index (χ4v) is 11.0. The van der Waals surface area contributed by atoms with Gasteiger partial charge in [0.1, 0.15) is 24.7 Å². The molecule has 2 aromatic carbocycles. The summed E-state index contributed by atoms with van der Waals surface area (Å²) in [6.07, 6.45) is 15.2. The molecule has 0 saturated heterocycles. The van der Waals surface area contributed by atoms with E-state index in [2.05, 4.69) is 30.9 Å². The summed E-state index contributed by atoms with van der Waals surface area (Å²) in [5.41, 5.74) is 2.79. The smallest absolute Gasteiger partial charge is 0.239 e. The number of aliphatic hydroxyl groups excluding tert-OH is 3. The Kier molecular flexibility index (Phi) is 18.2. The number of carbonyl (C=O) groups excluding carboxylic acids is 1. The van der Waals surface area contributed by atoms with Crippen molar-refractivity contribution in [3.8, 4) is 11.5 Å². The maximum atomic E-state index is 14.7. The third-order valence-electron chi connectivity index (χ3n) is 12.9. The third kappa shape index (κ3) is 11.3. The van der Waals surface area contributed by atoms with Crippen LogP contribution in [-0.2, 0) is 19.1 Å². The SMILES string of the molecule is C=CCO[C@@]12Oc3ccc(OCCSc4ccccc4)cc3[C@H]3[C@H](CCCCO)[C@@H](CCCCO)C=C(C(=NOC)C[C@@H]1N(CCOCCO)C(=O)CCC1CCCC1)[C@H]32. The van der Waals surface area contributed by atoms with Gasteiger partial charge in [0.05, 0.1) is 44.7 Å². The van der Waals surface area contributed by atoms with Crippen LogP contribution < -0.4 is 9.47 Å². The number of rotatable bonds is 26. The molecule has 330 valence electrons. The first-order valence-electron chi connectivity index (χ1n) is 22.4. The average Bonchev–Trinajstić information content (AvgIpc) is 3.80. The van der Waals surface area contributed by atoms with Gasteiger partial charge in [0.2, 0.25) is 11.7 Å². The van der Waals surface area contributed by atoms with Gasteiger partial charge in [-0.1, -0.05) is 74.0 Å². The first-order valence-corrected chi connectivity index (χ1v) is 23.4. The van der Waals surface area contributed by atoms with Crippen LogP contribution in [0.25, 0.3) is 0 Å². The lowest BCUT2D eigenvalue weighted by molar-refractivity contribution is -0.258. The van der Waals surface area contributed by atoms with Gasteiger partial charge < -0.3 is 44.0 Å². The minimum Gasteiger partial charge on any atom is -0.493 e. The van der Waals surface area contributed by atoms with Crippen molar-refractivity contribution >= 4 is 23.4 Å². The normalized spacial score (nSPS) is 25.2. The highest BCUT2D eigenvalue weighted by Gasteiger charge is 2.65. The number of nitrogens with zero attached hydrogens (tertiary/aromatic N) is 2. The summed E-state index contributed by atoms with van der Waals surface area (Å²) < 4.78 is 26.8. The topological polar surface area (TPSA) is 140 Å². The highest BCUT2D eigenvalue weighted by atomic mass is 32.2. The molecule has 0 radical (unpaired) electrons. The highest BCUT2D eigenvalue weighted by Crippen LogP contribution is 2.62. The number of thioether (sulfide) groups is 1. The Balaban J connectivity index is 1.46. The number of amides is 1. The molecule has 0 unspecified atom stereocenters. The standard InChI is InChI=1S/C48H68N2O9S/c1-3-27-58-48-44(50(23-28-56-29-26-53)45(54)22-19-35-13-7-8-14-35)34-42(49-55-2)40-32-36(15-9-11-24-51)39(18-10-12-25-52)46(47(40)48)41-33-37(20-21-43(41)59-48)57-30-31-60-38-16-5-4-6-17-38/h3-6,16-17,20-21,32-33,35-36,39,44,46-47,51-53H,1,7-15,18-19,22-31,34H2,2H3/t36-,39+,44-,46+,47+,48+/m0/s1. The van der Waals surface area contributed by atoms with Crippen LogP contribution in [0.2, 0.25) is 0 Å². The van der Waals surface area contributed by atoms with Crippen molar-refractivity contribution in [2.75, 3.05) is 65.7 Å². The molecule has 1 aliphatic heterocycles. The van der Waals surface area contributed by atoms with Crippen LogP contribution >= 0.6 is 11.8 Å². The Labute approximate surface area is 361 Å². The van der Waals surface area contributed by atoms with Gasteiger partial charge in [-0.2, -0.15) is 0 Å². The molecule has 12 heteroatoms. The number of aliphatic hydroxyl groups is 3. The summed E-state index contributed by atoms with van der Waals surface area (Å²) in [6, 6.07) is 15.8.